The van der Waals surface area contributed by atoms with E-state index in [0.717, 1.165) is 13.1 Å². The van der Waals surface area contributed by atoms with E-state index < -0.39 is 18.2 Å². The molecule has 3 rings (SSSR count). The van der Waals surface area contributed by atoms with Crippen molar-refractivity contribution in [3.63, 3.8) is 0 Å². The zero-order valence-electron chi connectivity index (χ0n) is 11.9. The second-order valence-electron chi connectivity index (χ2n) is 5.64. The molecule has 2 fully saturated rings. The fourth-order valence-corrected chi connectivity index (χ4v) is 3.59. The summed E-state index contributed by atoms with van der Waals surface area (Å²) in [5.41, 5.74) is 1.23. The molecule has 0 aromatic carbocycles. The molecule has 2 amide bonds. The highest BCUT2D eigenvalue weighted by molar-refractivity contribution is 7.07. The predicted octanol–water partition coefficient (Wildman–Crippen LogP) is -0.360. The lowest BCUT2D eigenvalue weighted by Crippen LogP contribution is -2.70. The zero-order valence-corrected chi connectivity index (χ0v) is 12.7. The van der Waals surface area contributed by atoms with Crippen LogP contribution < -0.4 is 5.32 Å². The average molecular weight is 309 g/mol. The molecule has 0 spiro atoms. The number of fused-ring (bicyclic) bond motifs is 1. The Balaban J connectivity index is 1.69. The number of nitrogens with one attached hydrogen (secondary N) is 1. The molecule has 6 nitrogen and oxygen atoms in total. The van der Waals surface area contributed by atoms with Gasteiger partial charge in [-0.3, -0.25) is 14.5 Å². The summed E-state index contributed by atoms with van der Waals surface area (Å²) >= 11 is 1.66. The molecule has 0 unspecified atom stereocenters. The lowest BCUT2D eigenvalue weighted by molar-refractivity contribution is -0.156. The fraction of sp³-hybridized carbons (Fsp3) is 0.571. The normalized spacial score (nSPS) is 28.2. The number of hydrogen-bond acceptors (Lipinski definition) is 5. The number of carbonyl (C=O) groups excluding carboxylic acids is 2. The van der Waals surface area contributed by atoms with Gasteiger partial charge in [0.15, 0.2) is 0 Å². The number of rotatable bonds is 3. The van der Waals surface area contributed by atoms with Gasteiger partial charge in [0, 0.05) is 26.2 Å². The molecule has 0 saturated carbocycles. The molecule has 2 aliphatic rings. The summed E-state index contributed by atoms with van der Waals surface area (Å²) in [5.74, 6) is -0.347. The number of nitrogens with zero attached hydrogens (tertiary/aromatic N) is 2. The Hall–Kier alpha value is -1.44. The number of carbonyl (C=O) groups is 2. The number of hydrogen-bond donors (Lipinski definition) is 2. The molecule has 3 atom stereocenters. The van der Waals surface area contributed by atoms with E-state index >= 15 is 0 Å². The van der Waals surface area contributed by atoms with E-state index in [1.807, 2.05) is 5.38 Å². The largest absolute Gasteiger partial charge is 0.391 e. The lowest BCUT2D eigenvalue weighted by atomic mass is 10.0. The van der Waals surface area contributed by atoms with Crippen molar-refractivity contribution in [1.29, 1.82) is 0 Å². The van der Waals surface area contributed by atoms with Crippen LogP contribution in [0.15, 0.2) is 16.8 Å². The van der Waals surface area contributed by atoms with Gasteiger partial charge < -0.3 is 15.3 Å². The first kappa shape index (κ1) is 14.5. The first-order valence-electron chi connectivity index (χ1n) is 7.08. The third-order valence-electron chi connectivity index (χ3n) is 4.08. The molecule has 7 heteroatoms. The first-order chi connectivity index (χ1) is 10.1. The monoisotopic (exact) mass is 309 g/mol. The van der Waals surface area contributed by atoms with Gasteiger partial charge in [-0.05, 0) is 29.3 Å². The van der Waals surface area contributed by atoms with Crippen LogP contribution in [-0.4, -0.2) is 64.5 Å². The van der Waals surface area contributed by atoms with Gasteiger partial charge in [-0.25, -0.2) is 0 Å². The van der Waals surface area contributed by atoms with E-state index in [4.69, 9.17) is 0 Å². The maximum absolute atomic E-state index is 12.3. The summed E-state index contributed by atoms with van der Waals surface area (Å²) in [6.07, 6.45) is -0.869. The second kappa shape index (κ2) is 5.75. The molecule has 0 aliphatic carbocycles. The number of aliphatic hydroxyl groups is 1. The van der Waals surface area contributed by atoms with E-state index in [9.17, 15) is 14.7 Å². The minimum atomic E-state index is -0.869. The van der Waals surface area contributed by atoms with E-state index in [0.29, 0.717) is 13.1 Å². The minimum absolute atomic E-state index is 0.171. The zero-order chi connectivity index (χ0) is 15.0. The van der Waals surface area contributed by atoms with Crippen LogP contribution in [-0.2, 0) is 16.1 Å². The predicted molar refractivity (Wildman–Crippen MR) is 78.7 cm³/mol. The van der Waals surface area contributed by atoms with Gasteiger partial charge >= 0.3 is 0 Å². The molecule has 0 bridgehead atoms. The third kappa shape index (κ3) is 2.81. The summed E-state index contributed by atoms with van der Waals surface area (Å²) in [5, 5.41) is 16.4. The molecule has 21 heavy (non-hydrogen) atoms. The molecule has 2 N–H and O–H groups in total. The Bertz CT molecular complexity index is 532. The quantitative estimate of drug-likeness (QED) is 0.800. The maximum atomic E-state index is 12.3. The summed E-state index contributed by atoms with van der Waals surface area (Å²) < 4.78 is 0. The van der Waals surface area contributed by atoms with Crippen molar-refractivity contribution in [1.82, 2.24) is 15.1 Å². The van der Waals surface area contributed by atoms with Crippen LogP contribution in [0.1, 0.15) is 12.5 Å². The van der Waals surface area contributed by atoms with E-state index in [1.54, 1.807) is 16.2 Å². The van der Waals surface area contributed by atoms with Gasteiger partial charge in [0.1, 0.15) is 12.1 Å². The smallest absolute Gasteiger partial charge is 0.248 e. The van der Waals surface area contributed by atoms with Crippen molar-refractivity contribution >= 4 is 23.2 Å². The molecule has 3 heterocycles. The fourth-order valence-electron chi connectivity index (χ4n) is 2.93. The topological polar surface area (TPSA) is 72.9 Å². The van der Waals surface area contributed by atoms with Crippen LogP contribution >= 0.6 is 11.3 Å². The second-order valence-corrected chi connectivity index (χ2v) is 6.42. The molecule has 0 radical (unpaired) electrons. The number of thiophene rings is 1. The van der Waals surface area contributed by atoms with Crippen molar-refractivity contribution in [2.75, 3.05) is 19.6 Å². The van der Waals surface area contributed by atoms with Crippen LogP contribution in [0.4, 0.5) is 0 Å². The molecule has 1 aromatic rings. The average Bonchev–Trinajstić information content (AvgIpc) is 2.95. The molecule has 114 valence electrons. The maximum Gasteiger partial charge on any atom is 0.248 e. The lowest BCUT2D eigenvalue weighted by Gasteiger charge is -2.45. The van der Waals surface area contributed by atoms with E-state index in [2.05, 4.69) is 21.7 Å². The third-order valence-corrected chi connectivity index (χ3v) is 4.81. The Morgan fingerprint density at radius 1 is 1.48 bits per heavy atom. The summed E-state index contributed by atoms with van der Waals surface area (Å²) in [7, 11) is 0. The number of amides is 2. The van der Waals surface area contributed by atoms with Gasteiger partial charge in [-0.15, -0.1) is 0 Å². The number of aliphatic hydroxyl groups excluding tert-OH is 1. The van der Waals surface area contributed by atoms with Gasteiger partial charge in [0.05, 0.1) is 6.10 Å². The highest BCUT2D eigenvalue weighted by Gasteiger charge is 2.44. The molecular formula is C14H19N3O3S. The molecule has 1 aromatic heterocycles. The minimum Gasteiger partial charge on any atom is -0.391 e. The van der Waals surface area contributed by atoms with Crippen molar-refractivity contribution in [2.45, 2.75) is 31.7 Å². The van der Waals surface area contributed by atoms with Crippen LogP contribution in [0.5, 0.6) is 0 Å². The standard InChI is InChI=1S/C14H19N3O3S/c1-9(18)12-14(20)17-4-3-16(6-10-2-5-21-8-10)7-11(17)13(19)15-12/h2,5,8-9,11-12,18H,3-4,6-7H2,1H3,(H,15,19)/t9-,11-,12+/m1/s1. The SMILES string of the molecule is C[C@@H](O)[C@@H]1NC(=O)[C@H]2CN(Cc3ccsc3)CCN2C1=O. The first-order valence-corrected chi connectivity index (χ1v) is 8.03. The molecule has 2 aliphatic heterocycles. The molecular weight excluding hydrogens is 290 g/mol. The highest BCUT2D eigenvalue weighted by Crippen LogP contribution is 2.19. The molecule has 2 saturated heterocycles. The van der Waals surface area contributed by atoms with E-state index in [1.165, 1.54) is 12.5 Å². The summed E-state index contributed by atoms with van der Waals surface area (Å²) in [6, 6.07) is 0.823. The number of piperazine rings is 2. The Morgan fingerprint density at radius 2 is 2.29 bits per heavy atom. The van der Waals surface area contributed by atoms with Gasteiger partial charge in [-0.2, -0.15) is 11.3 Å². The van der Waals surface area contributed by atoms with Gasteiger partial charge in [-0.1, -0.05) is 0 Å². The van der Waals surface area contributed by atoms with Gasteiger partial charge in [0.25, 0.3) is 0 Å². The Labute approximate surface area is 127 Å². The van der Waals surface area contributed by atoms with Crippen molar-refractivity contribution in [2.24, 2.45) is 0 Å². The van der Waals surface area contributed by atoms with Crippen LogP contribution in [0, 0.1) is 0 Å². The van der Waals surface area contributed by atoms with Crippen LogP contribution in [0.25, 0.3) is 0 Å². The van der Waals surface area contributed by atoms with Crippen LogP contribution in [0.3, 0.4) is 0 Å². The Morgan fingerprint density at radius 3 is 2.95 bits per heavy atom. The van der Waals surface area contributed by atoms with Crippen molar-refractivity contribution < 1.29 is 14.7 Å². The van der Waals surface area contributed by atoms with Gasteiger partial charge in [0.2, 0.25) is 11.8 Å². The van der Waals surface area contributed by atoms with E-state index in [-0.39, 0.29) is 11.8 Å². The summed E-state index contributed by atoms with van der Waals surface area (Å²) in [4.78, 5) is 28.3. The Kier molecular flexibility index (Phi) is 3.97. The van der Waals surface area contributed by atoms with Crippen molar-refractivity contribution in [3.8, 4) is 0 Å². The highest BCUT2D eigenvalue weighted by atomic mass is 32.1. The van der Waals surface area contributed by atoms with Crippen LogP contribution in [0.2, 0.25) is 0 Å². The summed E-state index contributed by atoms with van der Waals surface area (Å²) in [6.45, 7) is 4.15. The van der Waals surface area contributed by atoms with Crippen molar-refractivity contribution in [3.05, 3.63) is 22.4 Å².